The fourth-order valence-electron chi connectivity index (χ4n) is 3.83. The second-order valence-corrected chi connectivity index (χ2v) is 7.12. The first-order valence-electron chi connectivity index (χ1n) is 9.40. The van der Waals surface area contributed by atoms with Crippen molar-refractivity contribution in [2.24, 2.45) is 5.92 Å². The predicted molar refractivity (Wildman–Crippen MR) is 98.1 cm³/mol. The Morgan fingerprint density at radius 3 is 2.81 bits per heavy atom. The highest BCUT2D eigenvalue weighted by Gasteiger charge is 2.25. The Kier molecular flexibility index (Phi) is 5.53. The van der Waals surface area contributed by atoms with Gasteiger partial charge in [0, 0.05) is 37.5 Å². The molecule has 0 radical (unpaired) electrons. The molecule has 26 heavy (non-hydrogen) atoms. The zero-order valence-electron chi connectivity index (χ0n) is 15.1. The minimum Gasteiger partial charge on any atom is -0.464 e. The van der Waals surface area contributed by atoms with Crippen molar-refractivity contribution in [2.45, 2.75) is 6.42 Å². The van der Waals surface area contributed by atoms with Crippen LogP contribution in [-0.4, -0.2) is 74.9 Å². The fraction of sp³-hybridized carbons (Fsp3) is 0.550. The molecule has 1 aromatic heterocycles. The summed E-state index contributed by atoms with van der Waals surface area (Å²) in [6.07, 6.45) is 2.62. The molecule has 1 amide bonds. The van der Waals surface area contributed by atoms with Gasteiger partial charge in [-0.05, 0) is 24.1 Å². The van der Waals surface area contributed by atoms with Crippen LogP contribution in [0, 0.1) is 5.92 Å². The number of carbonyl (C=O) groups excluding carboxylic acids is 1. The minimum absolute atomic E-state index is 0.198. The molecule has 0 bridgehead atoms. The minimum atomic E-state index is 0.198. The predicted octanol–water partition coefficient (Wildman–Crippen LogP) is 1.78. The lowest BCUT2D eigenvalue weighted by molar-refractivity contribution is -0.133. The normalized spacial score (nSPS) is 22.5. The van der Waals surface area contributed by atoms with E-state index in [-0.39, 0.29) is 5.91 Å². The summed E-state index contributed by atoms with van der Waals surface area (Å²) in [5.74, 6) is 0.496. The van der Waals surface area contributed by atoms with Gasteiger partial charge >= 0.3 is 0 Å². The number of carbonyl (C=O) groups is 1. The lowest BCUT2D eigenvalue weighted by Gasteiger charge is -2.30. The molecule has 6 nitrogen and oxygen atoms in total. The number of hydrogen-bond acceptors (Lipinski definition) is 5. The molecule has 2 aromatic rings. The Morgan fingerprint density at radius 1 is 1.08 bits per heavy atom. The van der Waals surface area contributed by atoms with E-state index in [2.05, 4.69) is 11.0 Å². The van der Waals surface area contributed by atoms with Gasteiger partial charge in [-0.2, -0.15) is 0 Å². The van der Waals surface area contributed by atoms with Crippen molar-refractivity contribution in [3.8, 4) is 0 Å². The molecule has 0 aliphatic carbocycles. The number of benzene rings is 1. The van der Waals surface area contributed by atoms with Gasteiger partial charge in [0.15, 0.2) is 0 Å². The van der Waals surface area contributed by atoms with E-state index in [1.54, 1.807) is 6.26 Å². The summed E-state index contributed by atoms with van der Waals surface area (Å²) >= 11 is 0. The van der Waals surface area contributed by atoms with Gasteiger partial charge in [0.25, 0.3) is 0 Å². The highest BCUT2D eigenvalue weighted by atomic mass is 16.5. The maximum absolute atomic E-state index is 12.8. The molecule has 2 aliphatic heterocycles. The van der Waals surface area contributed by atoms with Crippen LogP contribution in [0.15, 0.2) is 34.9 Å². The van der Waals surface area contributed by atoms with Gasteiger partial charge in [-0.1, -0.05) is 12.1 Å². The van der Waals surface area contributed by atoms with Crippen molar-refractivity contribution >= 4 is 16.9 Å². The molecule has 3 heterocycles. The van der Waals surface area contributed by atoms with Crippen LogP contribution in [0.3, 0.4) is 0 Å². The molecule has 0 saturated carbocycles. The Balaban J connectivity index is 1.40. The van der Waals surface area contributed by atoms with Crippen LogP contribution >= 0.6 is 0 Å². The maximum atomic E-state index is 12.8. The average molecular weight is 358 g/mol. The Hall–Kier alpha value is -1.89. The monoisotopic (exact) mass is 358 g/mol. The van der Waals surface area contributed by atoms with Crippen LogP contribution < -0.4 is 0 Å². The zero-order valence-corrected chi connectivity index (χ0v) is 15.1. The summed E-state index contributed by atoms with van der Waals surface area (Å²) < 4.78 is 16.7. The summed E-state index contributed by atoms with van der Waals surface area (Å²) in [4.78, 5) is 16.9. The van der Waals surface area contributed by atoms with E-state index in [4.69, 9.17) is 13.9 Å². The molecule has 2 aliphatic rings. The maximum Gasteiger partial charge on any atom is 0.236 e. The quantitative estimate of drug-likeness (QED) is 0.834. The van der Waals surface area contributed by atoms with Crippen LogP contribution in [0.1, 0.15) is 5.56 Å². The van der Waals surface area contributed by atoms with Crippen molar-refractivity contribution in [1.82, 2.24) is 9.80 Å². The first kappa shape index (κ1) is 17.5. The van der Waals surface area contributed by atoms with Crippen molar-refractivity contribution in [3.05, 3.63) is 36.1 Å². The molecule has 1 unspecified atom stereocenters. The molecule has 140 valence electrons. The van der Waals surface area contributed by atoms with Crippen molar-refractivity contribution in [2.75, 3.05) is 59.2 Å². The summed E-state index contributed by atoms with van der Waals surface area (Å²) in [5, 5.41) is 1.16. The lowest BCUT2D eigenvalue weighted by Crippen LogP contribution is -2.46. The molecule has 1 atom stereocenters. The largest absolute Gasteiger partial charge is 0.464 e. The molecule has 1 aromatic carbocycles. The molecule has 6 heteroatoms. The molecule has 2 fully saturated rings. The van der Waals surface area contributed by atoms with Crippen LogP contribution in [0.25, 0.3) is 11.0 Å². The van der Waals surface area contributed by atoms with Crippen molar-refractivity contribution in [3.63, 3.8) is 0 Å². The number of ether oxygens (including phenoxy) is 2. The van der Waals surface area contributed by atoms with Gasteiger partial charge in [-0.25, -0.2) is 0 Å². The van der Waals surface area contributed by atoms with Gasteiger partial charge in [-0.15, -0.1) is 0 Å². The Labute approximate surface area is 153 Å². The zero-order chi connectivity index (χ0) is 17.8. The van der Waals surface area contributed by atoms with Gasteiger partial charge in [-0.3, -0.25) is 9.69 Å². The van der Waals surface area contributed by atoms with E-state index in [1.165, 1.54) is 5.56 Å². The first-order valence-corrected chi connectivity index (χ1v) is 9.40. The van der Waals surface area contributed by atoms with E-state index >= 15 is 0 Å². The standard InChI is InChI=1S/C20H26N2O4/c23-20(14-21-5-9-24-10-6-21)22-7-11-25-15-16(13-22)12-17-2-1-3-19-18(17)4-8-26-19/h1-4,8,16H,5-7,9-15H2. The molecule has 0 N–H and O–H groups in total. The molecule has 0 spiro atoms. The van der Waals surface area contributed by atoms with Crippen molar-refractivity contribution < 1.29 is 18.7 Å². The summed E-state index contributed by atoms with van der Waals surface area (Å²) in [6, 6.07) is 8.17. The van der Waals surface area contributed by atoms with Crippen LogP contribution in [0.4, 0.5) is 0 Å². The number of fused-ring (bicyclic) bond motifs is 1. The second kappa shape index (κ2) is 8.20. The second-order valence-electron chi connectivity index (χ2n) is 7.12. The summed E-state index contributed by atoms with van der Waals surface area (Å²) in [6.45, 7) is 6.31. The average Bonchev–Trinajstić information content (AvgIpc) is 3.02. The number of hydrogen-bond donors (Lipinski definition) is 0. The number of morpholine rings is 1. The van der Waals surface area contributed by atoms with E-state index < -0.39 is 0 Å². The van der Waals surface area contributed by atoms with Gasteiger partial charge in [0.1, 0.15) is 5.58 Å². The highest BCUT2D eigenvalue weighted by molar-refractivity contribution is 5.81. The Bertz CT molecular complexity index is 738. The number of furan rings is 1. The number of nitrogens with zero attached hydrogens (tertiary/aromatic N) is 2. The Morgan fingerprint density at radius 2 is 1.92 bits per heavy atom. The first-order chi connectivity index (χ1) is 12.8. The molecular formula is C20H26N2O4. The van der Waals surface area contributed by atoms with E-state index in [0.717, 1.165) is 37.0 Å². The smallest absolute Gasteiger partial charge is 0.236 e. The van der Waals surface area contributed by atoms with Crippen LogP contribution in [0.2, 0.25) is 0 Å². The third kappa shape index (κ3) is 4.09. The topological polar surface area (TPSA) is 55.2 Å². The number of amides is 1. The third-order valence-electron chi connectivity index (χ3n) is 5.25. The van der Waals surface area contributed by atoms with Gasteiger partial charge < -0.3 is 18.8 Å². The van der Waals surface area contributed by atoms with Crippen molar-refractivity contribution in [1.29, 1.82) is 0 Å². The third-order valence-corrected chi connectivity index (χ3v) is 5.25. The number of rotatable bonds is 4. The van der Waals surface area contributed by atoms with E-state index in [0.29, 0.717) is 45.4 Å². The SMILES string of the molecule is O=C(CN1CCOCC1)N1CCOCC(Cc2cccc3occc23)C1. The molecule has 2 saturated heterocycles. The van der Waals surface area contributed by atoms with Gasteiger partial charge in [0.2, 0.25) is 5.91 Å². The van der Waals surface area contributed by atoms with E-state index in [9.17, 15) is 4.79 Å². The highest BCUT2D eigenvalue weighted by Crippen LogP contribution is 2.23. The lowest BCUT2D eigenvalue weighted by atomic mass is 9.97. The van der Waals surface area contributed by atoms with Crippen LogP contribution in [0.5, 0.6) is 0 Å². The molecule has 4 rings (SSSR count). The van der Waals surface area contributed by atoms with Crippen LogP contribution in [-0.2, 0) is 20.7 Å². The fourth-order valence-corrected chi connectivity index (χ4v) is 3.83. The molecular weight excluding hydrogens is 332 g/mol. The summed E-state index contributed by atoms with van der Waals surface area (Å²) in [7, 11) is 0. The summed E-state index contributed by atoms with van der Waals surface area (Å²) in [5.41, 5.74) is 2.17. The van der Waals surface area contributed by atoms with Gasteiger partial charge in [0.05, 0.1) is 39.2 Å². The van der Waals surface area contributed by atoms with E-state index in [1.807, 2.05) is 23.1 Å².